The fourth-order valence-corrected chi connectivity index (χ4v) is 1.63. The number of hydrogen-bond donors (Lipinski definition) is 2. The Morgan fingerprint density at radius 3 is 2.65 bits per heavy atom. The van der Waals surface area contributed by atoms with Crippen LogP contribution in [0.1, 0.15) is 19.4 Å². The molecule has 0 radical (unpaired) electrons. The summed E-state index contributed by atoms with van der Waals surface area (Å²) in [5.41, 5.74) is 6.88. The van der Waals surface area contributed by atoms with Crippen LogP contribution in [-0.2, 0) is 6.54 Å². The lowest BCUT2D eigenvalue weighted by Crippen LogP contribution is -2.31. The minimum Gasteiger partial charge on any atom is -0.481 e. The first-order chi connectivity index (χ1) is 8.17. The van der Waals surface area contributed by atoms with Crippen molar-refractivity contribution in [2.75, 3.05) is 20.2 Å². The van der Waals surface area contributed by atoms with Gasteiger partial charge in [-0.2, -0.15) is 0 Å². The van der Waals surface area contributed by atoms with Crippen LogP contribution in [0.15, 0.2) is 18.3 Å². The number of ether oxygens (including phenoxy) is 1. The number of nitrogens with zero attached hydrogens (tertiary/aromatic N) is 1. The molecule has 96 valence electrons. The van der Waals surface area contributed by atoms with Gasteiger partial charge in [0.2, 0.25) is 5.88 Å². The number of methoxy groups -OCH3 is 1. The number of pyridine rings is 1. The normalized spacial score (nSPS) is 12.8. The third kappa shape index (κ3) is 4.71. The molecule has 0 fully saturated rings. The van der Waals surface area contributed by atoms with E-state index in [0.29, 0.717) is 17.7 Å². The molecule has 1 heterocycles. The zero-order valence-corrected chi connectivity index (χ0v) is 10.9. The molecular weight excluding hydrogens is 214 g/mol. The van der Waals surface area contributed by atoms with Crippen molar-refractivity contribution in [1.82, 2.24) is 10.3 Å². The first-order valence-electron chi connectivity index (χ1n) is 6.07. The van der Waals surface area contributed by atoms with Crippen LogP contribution in [0.3, 0.4) is 0 Å². The maximum Gasteiger partial charge on any atom is 0.212 e. The molecule has 1 atom stereocenters. The number of nitrogens with two attached hydrogens (primary N) is 1. The van der Waals surface area contributed by atoms with Crippen LogP contribution in [0.5, 0.6) is 5.88 Å². The molecule has 1 aromatic rings. The second-order valence-electron chi connectivity index (χ2n) is 4.58. The largest absolute Gasteiger partial charge is 0.481 e. The summed E-state index contributed by atoms with van der Waals surface area (Å²) >= 11 is 0. The van der Waals surface area contributed by atoms with E-state index in [9.17, 15) is 0 Å². The first-order valence-corrected chi connectivity index (χ1v) is 6.07. The summed E-state index contributed by atoms with van der Waals surface area (Å²) in [4.78, 5) is 4.16. The fraction of sp³-hybridized carbons (Fsp3) is 0.615. The fourth-order valence-electron chi connectivity index (χ4n) is 1.63. The zero-order valence-electron chi connectivity index (χ0n) is 10.9. The van der Waals surface area contributed by atoms with Gasteiger partial charge in [-0.15, -0.1) is 0 Å². The van der Waals surface area contributed by atoms with Crippen LogP contribution in [-0.4, -0.2) is 25.2 Å². The Morgan fingerprint density at radius 1 is 1.41 bits per heavy atom. The highest BCUT2D eigenvalue weighted by Crippen LogP contribution is 2.09. The maximum absolute atomic E-state index is 5.72. The maximum atomic E-state index is 5.72. The number of aromatic nitrogens is 1. The van der Waals surface area contributed by atoms with E-state index in [1.54, 1.807) is 7.11 Å². The predicted octanol–water partition coefficient (Wildman–Crippen LogP) is 1.41. The first kappa shape index (κ1) is 13.9. The molecule has 0 saturated heterocycles. The molecule has 0 saturated carbocycles. The van der Waals surface area contributed by atoms with Crippen molar-refractivity contribution in [3.63, 3.8) is 0 Å². The molecule has 4 nitrogen and oxygen atoms in total. The molecule has 0 amide bonds. The number of nitrogens with one attached hydrogen (secondary N) is 1. The Kier molecular flexibility index (Phi) is 5.94. The average Bonchev–Trinajstić information content (AvgIpc) is 2.35. The van der Waals surface area contributed by atoms with Crippen LogP contribution in [0.2, 0.25) is 0 Å². The van der Waals surface area contributed by atoms with Gasteiger partial charge in [-0.25, -0.2) is 4.98 Å². The van der Waals surface area contributed by atoms with Crippen LogP contribution in [0, 0.1) is 11.8 Å². The molecule has 17 heavy (non-hydrogen) atoms. The van der Waals surface area contributed by atoms with Gasteiger partial charge in [0.15, 0.2) is 0 Å². The van der Waals surface area contributed by atoms with E-state index in [1.165, 1.54) is 0 Å². The number of rotatable bonds is 7. The molecule has 0 aliphatic carbocycles. The van der Waals surface area contributed by atoms with Gasteiger partial charge in [-0.05, 0) is 30.5 Å². The Morgan fingerprint density at radius 2 is 2.18 bits per heavy atom. The highest BCUT2D eigenvalue weighted by Gasteiger charge is 2.10. The third-order valence-electron chi connectivity index (χ3n) is 2.99. The Bertz CT molecular complexity index is 311. The highest BCUT2D eigenvalue weighted by molar-refractivity contribution is 5.17. The zero-order chi connectivity index (χ0) is 12.7. The summed E-state index contributed by atoms with van der Waals surface area (Å²) in [6.07, 6.45) is 1.83. The summed E-state index contributed by atoms with van der Waals surface area (Å²) < 4.78 is 5.01. The van der Waals surface area contributed by atoms with Crippen molar-refractivity contribution < 1.29 is 4.74 Å². The van der Waals surface area contributed by atoms with Crippen LogP contribution < -0.4 is 15.8 Å². The molecule has 3 N–H and O–H groups in total. The summed E-state index contributed by atoms with van der Waals surface area (Å²) in [7, 11) is 1.62. The SMILES string of the molecule is COc1ccc(CNCC(CN)C(C)C)cn1. The topological polar surface area (TPSA) is 60.2 Å². The lowest BCUT2D eigenvalue weighted by molar-refractivity contribution is 0.370. The van der Waals surface area contributed by atoms with Crippen LogP contribution >= 0.6 is 0 Å². The van der Waals surface area contributed by atoms with E-state index in [1.807, 2.05) is 18.3 Å². The van der Waals surface area contributed by atoms with E-state index >= 15 is 0 Å². The summed E-state index contributed by atoms with van der Waals surface area (Å²) in [6, 6.07) is 3.89. The van der Waals surface area contributed by atoms with Gasteiger partial charge < -0.3 is 15.8 Å². The minimum atomic E-state index is 0.529. The number of hydrogen-bond acceptors (Lipinski definition) is 4. The second-order valence-corrected chi connectivity index (χ2v) is 4.58. The highest BCUT2D eigenvalue weighted by atomic mass is 16.5. The molecule has 1 aromatic heterocycles. The molecule has 0 aromatic carbocycles. The van der Waals surface area contributed by atoms with Gasteiger partial charge in [0.1, 0.15) is 0 Å². The molecule has 1 unspecified atom stereocenters. The third-order valence-corrected chi connectivity index (χ3v) is 2.99. The Hall–Kier alpha value is -1.13. The van der Waals surface area contributed by atoms with Crippen molar-refractivity contribution >= 4 is 0 Å². The summed E-state index contributed by atoms with van der Waals surface area (Å²) in [6.45, 7) is 6.90. The van der Waals surface area contributed by atoms with Crippen molar-refractivity contribution in [2.45, 2.75) is 20.4 Å². The van der Waals surface area contributed by atoms with E-state index in [0.717, 1.165) is 25.2 Å². The molecular formula is C13H23N3O. The Labute approximate surface area is 104 Å². The van der Waals surface area contributed by atoms with E-state index in [-0.39, 0.29) is 0 Å². The van der Waals surface area contributed by atoms with Gasteiger partial charge in [-0.3, -0.25) is 0 Å². The van der Waals surface area contributed by atoms with Gasteiger partial charge >= 0.3 is 0 Å². The van der Waals surface area contributed by atoms with E-state index < -0.39 is 0 Å². The lowest BCUT2D eigenvalue weighted by Gasteiger charge is -2.19. The summed E-state index contributed by atoms with van der Waals surface area (Å²) in [5.74, 6) is 1.79. The van der Waals surface area contributed by atoms with Crippen molar-refractivity contribution in [3.05, 3.63) is 23.9 Å². The predicted molar refractivity (Wildman–Crippen MR) is 69.9 cm³/mol. The molecule has 1 rings (SSSR count). The smallest absolute Gasteiger partial charge is 0.212 e. The van der Waals surface area contributed by atoms with Crippen LogP contribution in [0.25, 0.3) is 0 Å². The van der Waals surface area contributed by atoms with Gasteiger partial charge in [0, 0.05) is 18.8 Å². The minimum absolute atomic E-state index is 0.529. The van der Waals surface area contributed by atoms with Crippen molar-refractivity contribution in [1.29, 1.82) is 0 Å². The molecule has 0 aliphatic rings. The second kappa shape index (κ2) is 7.25. The molecule has 0 spiro atoms. The quantitative estimate of drug-likeness (QED) is 0.753. The van der Waals surface area contributed by atoms with Crippen LogP contribution in [0.4, 0.5) is 0 Å². The van der Waals surface area contributed by atoms with E-state index in [2.05, 4.69) is 24.1 Å². The molecule has 0 aliphatic heterocycles. The summed E-state index contributed by atoms with van der Waals surface area (Å²) in [5, 5.41) is 3.41. The van der Waals surface area contributed by atoms with Crippen molar-refractivity contribution in [2.24, 2.45) is 17.6 Å². The molecule has 0 bridgehead atoms. The van der Waals surface area contributed by atoms with Gasteiger partial charge in [0.05, 0.1) is 7.11 Å². The standard InChI is InChI=1S/C13H23N3O/c1-10(2)12(6-14)9-15-7-11-4-5-13(17-3)16-8-11/h4-5,8,10,12,15H,6-7,9,14H2,1-3H3. The van der Waals surface area contributed by atoms with Gasteiger partial charge in [-0.1, -0.05) is 19.9 Å². The lowest BCUT2D eigenvalue weighted by atomic mass is 9.96. The Balaban J connectivity index is 2.34. The average molecular weight is 237 g/mol. The van der Waals surface area contributed by atoms with E-state index in [4.69, 9.17) is 10.5 Å². The van der Waals surface area contributed by atoms with Crippen molar-refractivity contribution in [3.8, 4) is 5.88 Å². The van der Waals surface area contributed by atoms with Gasteiger partial charge in [0.25, 0.3) is 0 Å². The monoisotopic (exact) mass is 237 g/mol. The molecule has 4 heteroatoms.